The van der Waals surface area contributed by atoms with Crippen molar-refractivity contribution >= 4 is 11.3 Å². The molecule has 0 unspecified atom stereocenters. The molecule has 0 aliphatic carbocycles. The van der Waals surface area contributed by atoms with E-state index in [1.54, 1.807) is 17.5 Å². The van der Waals surface area contributed by atoms with E-state index in [1.165, 1.54) is 0 Å². The van der Waals surface area contributed by atoms with Crippen molar-refractivity contribution in [3.63, 3.8) is 0 Å². The second-order valence-corrected chi connectivity index (χ2v) is 6.23. The molecule has 3 rings (SSSR count). The molecule has 6 heteroatoms. The SMILES string of the molecule is CCN1CCO[C@H](CNCc2csc(-c3ccccn3)n2)C1. The number of morpholine rings is 1. The van der Waals surface area contributed by atoms with E-state index < -0.39 is 0 Å². The maximum absolute atomic E-state index is 5.79. The van der Waals surface area contributed by atoms with Crippen LogP contribution in [-0.2, 0) is 11.3 Å². The van der Waals surface area contributed by atoms with E-state index in [1.807, 2.05) is 18.2 Å². The summed E-state index contributed by atoms with van der Waals surface area (Å²) in [5.74, 6) is 0. The molecule has 118 valence electrons. The highest BCUT2D eigenvalue weighted by molar-refractivity contribution is 7.13. The summed E-state index contributed by atoms with van der Waals surface area (Å²) in [7, 11) is 0. The van der Waals surface area contributed by atoms with E-state index in [2.05, 4.69) is 32.5 Å². The molecular formula is C16H22N4OS. The normalized spacial score (nSPS) is 19.4. The fourth-order valence-corrected chi connectivity index (χ4v) is 3.34. The smallest absolute Gasteiger partial charge is 0.142 e. The first-order valence-corrected chi connectivity index (χ1v) is 8.63. The van der Waals surface area contributed by atoms with Gasteiger partial charge in [0.1, 0.15) is 5.01 Å². The van der Waals surface area contributed by atoms with Crippen molar-refractivity contribution in [1.29, 1.82) is 0 Å². The van der Waals surface area contributed by atoms with E-state index in [9.17, 15) is 0 Å². The van der Waals surface area contributed by atoms with Gasteiger partial charge in [0, 0.05) is 37.8 Å². The Morgan fingerprint density at radius 1 is 1.45 bits per heavy atom. The molecule has 1 saturated heterocycles. The molecule has 2 aromatic rings. The molecule has 0 saturated carbocycles. The number of thiazole rings is 1. The molecule has 0 radical (unpaired) electrons. The number of hydrogen-bond acceptors (Lipinski definition) is 6. The lowest BCUT2D eigenvalue weighted by atomic mass is 10.2. The Labute approximate surface area is 135 Å². The van der Waals surface area contributed by atoms with Gasteiger partial charge >= 0.3 is 0 Å². The van der Waals surface area contributed by atoms with Gasteiger partial charge in [0.2, 0.25) is 0 Å². The molecule has 1 fully saturated rings. The predicted octanol–water partition coefficient (Wildman–Crippen LogP) is 2.02. The van der Waals surface area contributed by atoms with E-state index in [-0.39, 0.29) is 6.10 Å². The summed E-state index contributed by atoms with van der Waals surface area (Å²) < 4.78 is 5.79. The molecule has 1 N–H and O–H groups in total. The molecule has 0 aromatic carbocycles. The Bertz CT molecular complexity index is 575. The van der Waals surface area contributed by atoms with Gasteiger partial charge in [0.05, 0.1) is 24.1 Å². The molecule has 1 aliphatic heterocycles. The molecule has 22 heavy (non-hydrogen) atoms. The first-order valence-electron chi connectivity index (χ1n) is 7.75. The highest BCUT2D eigenvalue weighted by atomic mass is 32.1. The minimum Gasteiger partial charge on any atom is -0.374 e. The van der Waals surface area contributed by atoms with Crippen LogP contribution in [0.4, 0.5) is 0 Å². The number of pyridine rings is 1. The van der Waals surface area contributed by atoms with Crippen molar-refractivity contribution in [1.82, 2.24) is 20.2 Å². The molecule has 5 nitrogen and oxygen atoms in total. The number of ether oxygens (including phenoxy) is 1. The number of rotatable bonds is 6. The van der Waals surface area contributed by atoms with Crippen molar-refractivity contribution in [3.05, 3.63) is 35.5 Å². The molecule has 3 heterocycles. The fourth-order valence-electron chi connectivity index (χ4n) is 2.55. The summed E-state index contributed by atoms with van der Waals surface area (Å²) in [4.78, 5) is 11.4. The lowest BCUT2D eigenvalue weighted by molar-refractivity contribution is -0.0254. The minimum absolute atomic E-state index is 0.280. The quantitative estimate of drug-likeness (QED) is 0.883. The molecule has 2 aromatic heterocycles. The summed E-state index contributed by atoms with van der Waals surface area (Å²) >= 11 is 1.64. The summed E-state index contributed by atoms with van der Waals surface area (Å²) in [5, 5.41) is 6.52. The van der Waals surface area contributed by atoms with Gasteiger partial charge in [0.25, 0.3) is 0 Å². The van der Waals surface area contributed by atoms with E-state index in [0.29, 0.717) is 0 Å². The van der Waals surface area contributed by atoms with Crippen molar-refractivity contribution in [2.24, 2.45) is 0 Å². The van der Waals surface area contributed by atoms with Crippen LogP contribution in [0.2, 0.25) is 0 Å². The standard InChI is InChI=1S/C16H22N4OS/c1-2-20-7-8-21-14(11-20)10-17-9-13-12-22-16(19-13)15-5-3-4-6-18-15/h3-6,12,14,17H,2,7-11H2,1H3/t14-/m1/s1. The first-order chi connectivity index (χ1) is 10.8. The van der Waals surface area contributed by atoms with E-state index in [0.717, 1.165) is 55.7 Å². The van der Waals surface area contributed by atoms with Gasteiger partial charge in [-0.3, -0.25) is 9.88 Å². The van der Waals surface area contributed by atoms with Crippen LogP contribution in [0.5, 0.6) is 0 Å². The highest BCUT2D eigenvalue weighted by Gasteiger charge is 2.18. The Morgan fingerprint density at radius 3 is 3.23 bits per heavy atom. The third-order valence-corrected chi connectivity index (χ3v) is 4.70. The van der Waals surface area contributed by atoms with Crippen LogP contribution >= 0.6 is 11.3 Å². The Morgan fingerprint density at radius 2 is 2.41 bits per heavy atom. The third kappa shape index (κ3) is 4.10. The number of nitrogens with zero attached hydrogens (tertiary/aromatic N) is 3. The molecule has 0 bridgehead atoms. The van der Waals surface area contributed by atoms with Crippen LogP contribution in [-0.4, -0.2) is 53.8 Å². The van der Waals surface area contributed by atoms with Gasteiger partial charge < -0.3 is 10.1 Å². The largest absolute Gasteiger partial charge is 0.374 e. The predicted molar refractivity (Wildman–Crippen MR) is 88.9 cm³/mol. The maximum atomic E-state index is 5.79. The average molecular weight is 318 g/mol. The highest BCUT2D eigenvalue weighted by Crippen LogP contribution is 2.21. The van der Waals surface area contributed by atoms with Gasteiger partial charge in [0.15, 0.2) is 0 Å². The number of nitrogens with one attached hydrogen (secondary N) is 1. The van der Waals surface area contributed by atoms with Crippen molar-refractivity contribution in [2.45, 2.75) is 19.6 Å². The van der Waals surface area contributed by atoms with Crippen LogP contribution < -0.4 is 5.32 Å². The summed E-state index contributed by atoms with van der Waals surface area (Å²) in [6.07, 6.45) is 2.08. The van der Waals surface area contributed by atoms with Crippen LogP contribution in [0.3, 0.4) is 0 Å². The van der Waals surface area contributed by atoms with Crippen molar-refractivity contribution in [3.8, 4) is 10.7 Å². The monoisotopic (exact) mass is 318 g/mol. The summed E-state index contributed by atoms with van der Waals surface area (Å²) in [6, 6.07) is 5.90. The fraction of sp³-hybridized carbons (Fsp3) is 0.500. The average Bonchev–Trinajstić information content (AvgIpc) is 3.05. The van der Waals surface area contributed by atoms with Crippen LogP contribution in [0.25, 0.3) is 10.7 Å². The molecule has 0 amide bonds. The Balaban J connectivity index is 1.47. The van der Waals surface area contributed by atoms with Gasteiger partial charge in [-0.15, -0.1) is 11.3 Å². The third-order valence-electron chi connectivity index (χ3n) is 3.78. The second kappa shape index (κ2) is 7.78. The maximum Gasteiger partial charge on any atom is 0.142 e. The van der Waals surface area contributed by atoms with Crippen molar-refractivity contribution < 1.29 is 4.74 Å². The van der Waals surface area contributed by atoms with E-state index >= 15 is 0 Å². The van der Waals surface area contributed by atoms with Gasteiger partial charge in [-0.25, -0.2) is 4.98 Å². The van der Waals surface area contributed by atoms with Crippen LogP contribution in [0.15, 0.2) is 29.8 Å². The lowest BCUT2D eigenvalue weighted by Crippen LogP contribution is -2.46. The van der Waals surface area contributed by atoms with E-state index in [4.69, 9.17) is 4.74 Å². The molecule has 1 aliphatic rings. The minimum atomic E-state index is 0.280. The molecule has 0 spiro atoms. The zero-order valence-electron chi connectivity index (χ0n) is 12.9. The van der Waals surface area contributed by atoms with Gasteiger partial charge in [-0.2, -0.15) is 0 Å². The van der Waals surface area contributed by atoms with Crippen molar-refractivity contribution in [2.75, 3.05) is 32.8 Å². The Kier molecular flexibility index (Phi) is 5.50. The Hall–Kier alpha value is -1.34. The van der Waals surface area contributed by atoms with Crippen LogP contribution in [0, 0.1) is 0 Å². The number of likely N-dealkylation sites (N-methyl/N-ethyl adjacent to an activating group) is 1. The first kappa shape index (κ1) is 15.6. The second-order valence-electron chi connectivity index (χ2n) is 5.38. The van der Waals surface area contributed by atoms with Gasteiger partial charge in [-0.05, 0) is 18.7 Å². The zero-order chi connectivity index (χ0) is 15.2. The topological polar surface area (TPSA) is 50.3 Å². The summed E-state index contributed by atoms with van der Waals surface area (Å²) in [6.45, 7) is 7.83. The number of hydrogen-bond donors (Lipinski definition) is 1. The molecular weight excluding hydrogens is 296 g/mol. The van der Waals surface area contributed by atoms with Crippen LogP contribution in [0.1, 0.15) is 12.6 Å². The zero-order valence-corrected chi connectivity index (χ0v) is 13.7. The van der Waals surface area contributed by atoms with Gasteiger partial charge in [-0.1, -0.05) is 13.0 Å². The summed E-state index contributed by atoms with van der Waals surface area (Å²) in [5.41, 5.74) is 2.00. The molecule has 1 atom stereocenters. The lowest BCUT2D eigenvalue weighted by Gasteiger charge is -2.32. The number of aromatic nitrogens is 2.